The van der Waals surface area contributed by atoms with Crippen molar-refractivity contribution in [2.45, 2.75) is 39.5 Å². The molecule has 0 heterocycles. The molecule has 0 saturated carbocycles. The number of carbonyl (C=O) groups is 2. The molecule has 3 aromatic carbocycles. The molecule has 0 N–H and O–H groups in total. The zero-order valence-corrected chi connectivity index (χ0v) is 17.3. The number of nitrogens with zero attached hydrogens (tertiary/aromatic N) is 2. The van der Waals surface area contributed by atoms with E-state index >= 15 is 0 Å². The Labute approximate surface area is 176 Å². The Balaban J connectivity index is 1.43. The lowest BCUT2D eigenvalue weighted by molar-refractivity contribution is 0.0985. The van der Waals surface area contributed by atoms with Crippen molar-refractivity contribution in [3.63, 3.8) is 0 Å². The predicted molar refractivity (Wildman–Crippen MR) is 118 cm³/mol. The Morgan fingerprint density at radius 1 is 0.733 bits per heavy atom. The zero-order chi connectivity index (χ0) is 21.1. The maximum atomic E-state index is 12.8. The highest BCUT2D eigenvalue weighted by Gasteiger charge is 2.25. The van der Waals surface area contributed by atoms with Crippen molar-refractivity contribution in [1.29, 1.82) is 0 Å². The van der Waals surface area contributed by atoms with Gasteiger partial charge in [0.25, 0.3) is 0 Å². The average molecular weight is 396 g/mol. The van der Waals surface area contributed by atoms with Gasteiger partial charge in [-0.25, -0.2) is 0 Å². The maximum absolute atomic E-state index is 12.8. The van der Waals surface area contributed by atoms with Crippen LogP contribution in [0.15, 0.2) is 70.9 Å². The first kappa shape index (κ1) is 19.9. The van der Waals surface area contributed by atoms with Gasteiger partial charge in [-0.15, -0.1) is 0 Å². The standard InChI is InChI=1S/C26H24N2O2/c1-3-18-4-8-20(9-5-18)27-28-21-10-6-19(7-11-21)16-26(30)25-15-12-22(17(2)29)23-13-14-24(23)25/h4-12,15H,3,13-14,16H2,1-2H3. The van der Waals surface area contributed by atoms with Crippen LogP contribution in [0.3, 0.4) is 0 Å². The molecule has 0 amide bonds. The van der Waals surface area contributed by atoms with Crippen molar-refractivity contribution in [2.75, 3.05) is 0 Å². The normalized spacial score (nSPS) is 12.5. The van der Waals surface area contributed by atoms with Crippen LogP contribution in [0, 0.1) is 0 Å². The fraction of sp³-hybridized carbons (Fsp3) is 0.231. The van der Waals surface area contributed by atoms with E-state index < -0.39 is 0 Å². The SMILES string of the molecule is CCc1ccc(N=Nc2ccc(CC(=O)c3ccc(C(C)=O)c4c3CC4)cc2)cc1. The van der Waals surface area contributed by atoms with Gasteiger partial charge in [0.15, 0.2) is 11.6 Å². The predicted octanol–water partition coefficient (Wildman–Crippen LogP) is 6.39. The minimum Gasteiger partial charge on any atom is -0.295 e. The molecular weight excluding hydrogens is 372 g/mol. The number of aryl methyl sites for hydroxylation is 1. The highest BCUT2D eigenvalue weighted by atomic mass is 16.1. The third kappa shape index (κ3) is 4.13. The first-order valence-electron chi connectivity index (χ1n) is 10.3. The van der Waals surface area contributed by atoms with Crippen molar-refractivity contribution in [3.05, 3.63) is 94.0 Å². The Morgan fingerprint density at radius 3 is 1.73 bits per heavy atom. The van der Waals surface area contributed by atoms with E-state index in [4.69, 9.17) is 0 Å². The molecule has 4 heteroatoms. The molecular formula is C26H24N2O2. The molecule has 0 bridgehead atoms. The fourth-order valence-electron chi connectivity index (χ4n) is 3.80. The number of ketones is 2. The van der Waals surface area contributed by atoms with Crippen LogP contribution in [0.2, 0.25) is 0 Å². The number of hydrogen-bond acceptors (Lipinski definition) is 4. The molecule has 0 saturated heterocycles. The summed E-state index contributed by atoms with van der Waals surface area (Å²) >= 11 is 0. The largest absolute Gasteiger partial charge is 0.295 e. The Morgan fingerprint density at radius 2 is 1.23 bits per heavy atom. The zero-order valence-electron chi connectivity index (χ0n) is 17.3. The summed E-state index contributed by atoms with van der Waals surface area (Å²) in [4.78, 5) is 24.6. The summed E-state index contributed by atoms with van der Waals surface area (Å²) in [6.45, 7) is 3.70. The van der Waals surface area contributed by atoms with Crippen LogP contribution in [0.5, 0.6) is 0 Å². The van der Waals surface area contributed by atoms with Crippen LogP contribution in [0.1, 0.15) is 56.8 Å². The minimum absolute atomic E-state index is 0.0657. The summed E-state index contributed by atoms with van der Waals surface area (Å²) in [5, 5.41) is 8.55. The molecule has 0 fully saturated rings. The third-order valence-corrected chi connectivity index (χ3v) is 5.66. The summed E-state index contributed by atoms with van der Waals surface area (Å²) in [5.74, 6) is 0.155. The molecule has 4 rings (SSSR count). The van der Waals surface area contributed by atoms with Gasteiger partial charge in [-0.1, -0.05) is 43.3 Å². The van der Waals surface area contributed by atoms with Crippen LogP contribution in [0.25, 0.3) is 0 Å². The van der Waals surface area contributed by atoms with Gasteiger partial charge in [-0.05, 0) is 72.7 Å². The molecule has 30 heavy (non-hydrogen) atoms. The van der Waals surface area contributed by atoms with Crippen molar-refractivity contribution in [3.8, 4) is 0 Å². The monoisotopic (exact) mass is 396 g/mol. The van der Waals surface area contributed by atoms with Gasteiger partial charge in [0, 0.05) is 17.5 Å². The molecule has 0 aliphatic heterocycles. The van der Waals surface area contributed by atoms with E-state index in [1.54, 1.807) is 13.0 Å². The van der Waals surface area contributed by atoms with Gasteiger partial charge >= 0.3 is 0 Å². The maximum Gasteiger partial charge on any atom is 0.167 e. The molecule has 150 valence electrons. The topological polar surface area (TPSA) is 58.9 Å². The summed E-state index contributed by atoms with van der Waals surface area (Å²) < 4.78 is 0. The first-order chi connectivity index (χ1) is 14.5. The van der Waals surface area contributed by atoms with Gasteiger partial charge in [0.1, 0.15) is 0 Å². The average Bonchev–Trinajstić information content (AvgIpc) is 2.73. The van der Waals surface area contributed by atoms with E-state index in [9.17, 15) is 9.59 Å². The van der Waals surface area contributed by atoms with Crippen LogP contribution in [-0.4, -0.2) is 11.6 Å². The highest BCUT2D eigenvalue weighted by molar-refractivity contribution is 6.03. The number of azo groups is 1. The molecule has 1 aliphatic rings. The lowest BCUT2D eigenvalue weighted by Crippen LogP contribution is -2.20. The first-order valence-corrected chi connectivity index (χ1v) is 10.3. The lowest BCUT2D eigenvalue weighted by atomic mass is 9.79. The molecule has 0 radical (unpaired) electrons. The van der Waals surface area contributed by atoms with Gasteiger partial charge in [0.05, 0.1) is 11.4 Å². The Hall–Kier alpha value is -3.40. The van der Waals surface area contributed by atoms with Gasteiger partial charge < -0.3 is 0 Å². The molecule has 0 unspecified atom stereocenters. The Kier molecular flexibility index (Phi) is 5.66. The molecule has 1 aliphatic carbocycles. The van der Waals surface area contributed by atoms with Crippen molar-refractivity contribution in [2.24, 2.45) is 10.2 Å². The van der Waals surface area contributed by atoms with Crippen LogP contribution in [0.4, 0.5) is 11.4 Å². The smallest absolute Gasteiger partial charge is 0.167 e. The van der Waals surface area contributed by atoms with E-state index in [2.05, 4.69) is 29.3 Å². The summed E-state index contributed by atoms with van der Waals surface area (Å²) in [6.07, 6.45) is 3.09. The molecule has 4 nitrogen and oxygen atoms in total. The lowest BCUT2D eigenvalue weighted by Gasteiger charge is -2.24. The van der Waals surface area contributed by atoms with E-state index in [-0.39, 0.29) is 11.6 Å². The van der Waals surface area contributed by atoms with E-state index in [1.807, 2.05) is 42.5 Å². The number of carbonyl (C=O) groups excluding carboxylic acids is 2. The molecule has 0 spiro atoms. The minimum atomic E-state index is 0.0657. The second-order valence-electron chi connectivity index (χ2n) is 7.66. The van der Waals surface area contributed by atoms with Crippen LogP contribution in [-0.2, 0) is 25.7 Å². The summed E-state index contributed by atoms with van der Waals surface area (Å²) in [5.41, 5.74) is 7.39. The summed E-state index contributed by atoms with van der Waals surface area (Å²) in [6, 6.07) is 19.2. The fourth-order valence-corrected chi connectivity index (χ4v) is 3.80. The van der Waals surface area contributed by atoms with Crippen molar-refractivity contribution in [1.82, 2.24) is 0 Å². The third-order valence-electron chi connectivity index (χ3n) is 5.66. The van der Waals surface area contributed by atoms with Crippen molar-refractivity contribution >= 4 is 22.9 Å². The quantitative estimate of drug-likeness (QED) is 0.343. The Bertz CT molecular complexity index is 1130. The second-order valence-corrected chi connectivity index (χ2v) is 7.66. The van der Waals surface area contributed by atoms with E-state index in [0.717, 1.165) is 58.5 Å². The number of benzene rings is 3. The highest BCUT2D eigenvalue weighted by Crippen LogP contribution is 2.31. The van der Waals surface area contributed by atoms with Crippen LogP contribution >= 0.6 is 0 Å². The summed E-state index contributed by atoms with van der Waals surface area (Å²) in [7, 11) is 0. The van der Waals surface area contributed by atoms with E-state index in [1.165, 1.54) is 5.56 Å². The van der Waals surface area contributed by atoms with Crippen LogP contribution < -0.4 is 0 Å². The number of fused-ring (bicyclic) bond motifs is 1. The number of Topliss-reactive ketones (excluding diaryl/α,β-unsaturated/α-hetero) is 2. The number of hydrogen-bond donors (Lipinski definition) is 0. The van der Waals surface area contributed by atoms with Gasteiger partial charge in [-0.3, -0.25) is 9.59 Å². The van der Waals surface area contributed by atoms with Gasteiger partial charge in [0.2, 0.25) is 0 Å². The number of rotatable bonds is 7. The van der Waals surface area contributed by atoms with E-state index in [0.29, 0.717) is 6.42 Å². The molecule has 3 aromatic rings. The molecule has 0 atom stereocenters. The molecule has 0 aromatic heterocycles. The second kappa shape index (κ2) is 8.54. The van der Waals surface area contributed by atoms with Gasteiger partial charge in [-0.2, -0.15) is 10.2 Å². The van der Waals surface area contributed by atoms with Crippen molar-refractivity contribution < 1.29 is 9.59 Å².